The lowest BCUT2D eigenvalue weighted by Gasteiger charge is -2.26. The third kappa shape index (κ3) is 3.27. The quantitative estimate of drug-likeness (QED) is 0.314. The van der Waals surface area contributed by atoms with Crippen molar-refractivity contribution >= 4 is 10.8 Å². The van der Waals surface area contributed by atoms with Crippen LogP contribution >= 0.6 is 0 Å². The molecule has 3 aromatic rings. The fourth-order valence-corrected chi connectivity index (χ4v) is 4.16. The van der Waals surface area contributed by atoms with Crippen LogP contribution in [-0.4, -0.2) is 0 Å². The van der Waals surface area contributed by atoms with Crippen molar-refractivity contribution in [1.29, 1.82) is 0 Å². The molecule has 0 atom stereocenters. The van der Waals surface area contributed by atoms with Crippen molar-refractivity contribution in [3.8, 4) is 11.1 Å². The van der Waals surface area contributed by atoms with Crippen molar-refractivity contribution in [3.05, 3.63) is 71.0 Å². The Morgan fingerprint density at radius 3 is 2.00 bits per heavy atom. The molecule has 0 N–H and O–H groups in total. The second kappa shape index (κ2) is 7.19. The predicted octanol–water partition coefficient (Wildman–Crippen LogP) is 7.50. The Kier molecular flexibility index (Phi) is 4.86. The number of hydrogen-bond acceptors (Lipinski definition) is 0. The van der Waals surface area contributed by atoms with E-state index >= 15 is 4.39 Å². The Hall–Kier alpha value is -2.43. The summed E-state index contributed by atoms with van der Waals surface area (Å²) in [6.45, 7) is 2.23. The van der Waals surface area contributed by atoms with Gasteiger partial charge in [0, 0.05) is 5.39 Å². The number of halogens is 5. The minimum atomic E-state index is -1.67. The lowest BCUT2D eigenvalue weighted by molar-refractivity contribution is 0.348. The summed E-state index contributed by atoms with van der Waals surface area (Å²) in [5.41, 5.74) is 0.105. The minimum absolute atomic E-state index is 0.162. The minimum Gasteiger partial charge on any atom is -0.206 e. The lowest BCUT2D eigenvalue weighted by atomic mass is 9.79. The van der Waals surface area contributed by atoms with Crippen LogP contribution in [0.4, 0.5) is 22.0 Å². The summed E-state index contributed by atoms with van der Waals surface area (Å²) >= 11 is 0. The molecule has 0 radical (unpaired) electrons. The molecule has 0 unspecified atom stereocenters. The monoisotopic (exact) mass is 390 g/mol. The maximum atomic E-state index is 15.0. The molecule has 0 aromatic heterocycles. The molecule has 5 heteroatoms. The summed E-state index contributed by atoms with van der Waals surface area (Å²) in [6, 6.07) is 7.57. The van der Waals surface area contributed by atoms with Gasteiger partial charge in [-0.2, -0.15) is 0 Å². The van der Waals surface area contributed by atoms with Gasteiger partial charge in [0.2, 0.25) is 0 Å². The summed E-state index contributed by atoms with van der Waals surface area (Å²) < 4.78 is 70.0. The molecule has 4 rings (SSSR count). The van der Waals surface area contributed by atoms with Gasteiger partial charge in [0.1, 0.15) is 11.6 Å². The molecule has 0 aliphatic heterocycles. The van der Waals surface area contributed by atoms with Gasteiger partial charge in [-0.25, -0.2) is 22.0 Å². The zero-order valence-electron chi connectivity index (χ0n) is 15.3. The van der Waals surface area contributed by atoms with E-state index in [0.29, 0.717) is 29.4 Å². The molecule has 0 bridgehead atoms. The molecule has 0 nitrogen and oxygen atoms in total. The molecule has 1 aliphatic rings. The fraction of sp³-hybridized carbons (Fsp3) is 0.304. The SMILES string of the molecule is CC1CCC(c2ccc3c(F)c(-c4cc(F)c(F)c(F)c4)c(F)cc3c2)CC1. The maximum Gasteiger partial charge on any atom is 0.194 e. The van der Waals surface area contributed by atoms with Crippen LogP contribution < -0.4 is 0 Å². The van der Waals surface area contributed by atoms with Crippen LogP contribution in [0.5, 0.6) is 0 Å². The highest BCUT2D eigenvalue weighted by Crippen LogP contribution is 2.38. The molecule has 0 spiro atoms. The summed E-state index contributed by atoms with van der Waals surface area (Å²) in [5.74, 6) is -5.44. The first-order chi connectivity index (χ1) is 13.3. The number of fused-ring (bicyclic) bond motifs is 1. The second-order valence-corrected chi connectivity index (χ2v) is 7.74. The van der Waals surface area contributed by atoms with Gasteiger partial charge in [-0.3, -0.25) is 0 Å². The number of benzene rings is 3. The van der Waals surface area contributed by atoms with Crippen LogP contribution in [0.3, 0.4) is 0 Å². The van der Waals surface area contributed by atoms with Crippen LogP contribution in [0.25, 0.3) is 21.9 Å². The molecular weight excluding hydrogens is 371 g/mol. The normalized spacial score (nSPS) is 19.9. The topological polar surface area (TPSA) is 0 Å². The summed E-state index contributed by atoms with van der Waals surface area (Å²) in [5, 5.41) is 0.562. The van der Waals surface area contributed by atoms with Crippen molar-refractivity contribution < 1.29 is 22.0 Å². The molecule has 0 saturated heterocycles. The van der Waals surface area contributed by atoms with Crippen molar-refractivity contribution in [2.24, 2.45) is 5.92 Å². The zero-order chi connectivity index (χ0) is 20.0. The zero-order valence-corrected chi connectivity index (χ0v) is 15.3. The lowest BCUT2D eigenvalue weighted by Crippen LogP contribution is -2.10. The van der Waals surface area contributed by atoms with Gasteiger partial charge >= 0.3 is 0 Å². The molecule has 1 aliphatic carbocycles. The van der Waals surface area contributed by atoms with Gasteiger partial charge < -0.3 is 0 Å². The highest BCUT2D eigenvalue weighted by atomic mass is 19.2. The average molecular weight is 390 g/mol. The Morgan fingerprint density at radius 2 is 1.36 bits per heavy atom. The van der Waals surface area contributed by atoms with Crippen molar-refractivity contribution in [2.45, 2.75) is 38.5 Å². The smallest absolute Gasteiger partial charge is 0.194 e. The fourth-order valence-electron chi connectivity index (χ4n) is 4.16. The van der Waals surface area contributed by atoms with Crippen LogP contribution in [0.1, 0.15) is 44.1 Å². The summed E-state index contributed by atoms with van der Waals surface area (Å²) in [7, 11) is 0. The van der Waals surface area contributed by atoms with Crippen molar-refractivity contribution in [2.75, 3.05) is 0 Å². The van der Waals surface area contributed by atoms with E-state index in [1.54, 1.807) is 12.1 Å². The number of rotatable bonds is 2. The van der Waals surface area contributed by atoms with E-state index in [0.717, 1.165) is 31.2 Å². The van der Waals surface area contributed by atoms with E-state index in [2.05, 4.69) is 6.92 Å². The van der Waals surface area contributed by atoms with Crippen molar-refractivity contribution in [1.82, 2.24) is 0 Å². The van der Waals surface area contributed by atoms with E-state index in [1.165, 1.54) is 6.07 Å². The van der Waals surface area contributed by atoms with Gasteiger partial charge in [-0.15, -0.1) is 0 Å². The average Bonchev–Trinajstić information content (AvgIpc) is 2.66. The molecule has 1 fully saturated rings. The van der Waals surface area contributed by atoms with Crippen LogP contribution in [-0.2, 0) is 0 Å². The molecule has 0 amide bonds. The van der Waals surface area contributed by atoms with Gasteiger partial charge in [0.05, 0.1) is 5.56 Å². The Bertz CT molecular complexity index is 1030. The van der Waals surface area contributed by atoms with Gasteiger partial charge in [-0.05, 0) is 59.4 Å². The van der Waals surface area contributed by atoms with E-state index in [4.69, 9.17) is 0 Å². The first kappa shape index (κ1) is 18.9. The van der Waals surface area contributed by atoms with E-state index in [1.807, 2.05) is 6.07 Å². The highest BCUT2D eigenvalue weighted by Gasteiger charge is 2.22. The van der Waals surface area contributed by atoms with Gasteiger partial charge in [0.25, 0.3) is 0 Å². The molecule has 146 valence electrons. The maximum absolute atomic E-state index is 15.0. The first-order valence-electron chi connectivity index (χ1n) is 9.41. The molecular formula is C23H19F5. The van der Waals surface area contributed by atoms with Crippen molar-refractivity contribution in [3.63, 3.8) is 0 Å². The largest absolute Gasteiger partial charge is 0.206 e. The first-order valence-corrected chi connectivity index (χ1v) is 9.41. The third-order valence-electron chi connectivity index (χ3n) is 5.81. The number of hydrogen-bond donors (Lipinski definition) is 0. The highest BCUT2D eigenvalue weighted by molar-refractivity contribution is 5.89. The van der Waals surface area contributed by atoms with E-state index in [9.17, 15) is 17.6 Å². The molecule has 0 heterocycles. The summed E-state index contributed by atoms with van der Waals surface area (Å²) in [4.78, 5) is 0. The van der Waals surface area contributed by atoms with Gasteiger partial charge in [0.15, 0.2) is 17.5 Å². The van der Waals surface area contributed by atoms with Crippen LogP contribution in [0, 0.1) is 35.0 Å². The summed E-state index contributed by atoms with van der Waals surface area (Å²) in [6.07, 6.45) is 4.35. The third-order valence-corrected chi connectivity index (χ3v) is 5.81. The standard InChI is InChI=1S/C23H19F5/c1-12-2-4-13(5-3-12)14-6-7-17-15(8-14)9-18(24)21(22(17)27)16-10-19(25)23(28)20(26)11-16/h6-13H,2-5H2,1H3. The Labute approximate surface area is 160 Å². The van der Waals surface area contributed by atoms with E-state index in [-0.39, 0.29) is 10.9 Å². The van der Waals surface area contributed by atoms with Crippen LogP contribution in [0.2, 0.25) is 0 Å². The molecule has 1 saturated carbocycles. The predicted molar refractivity (Wildman–Crippen MR) is 99.5 cm³/mol. The Morgan fingerprint density at radius 1 is 0.714 bits per heavy atom. The molecule has 3 aromatic carbocycles. The van der Waals surface area contributed by atoms with Gasteiger partial charge in [-0.1, -0.05) is 38.0 Å². The second-order valence-electron chi connectivity index (χ2n) is 7.74. The Balaban J connectivity index is 1.80. The van der Waals surface area contributed by atoms with E-state index < -0.39 is 34.6 Å². The molecule has 28 heavy (non-hydrogen) atoms. The van der Waals surface area contributed by atoms with Crippen LogP contribution in [0.15, 0.2) is 36.4 Å².